The predicted molar refractivity (Wildman–Crippen MR) is 57.3 cm³/mol. The molecule has 1 aromatic carbocycles. The zero-order valence-corrected chi connectivity index (χ0v) is 8.63. The summed E-state index contributed by atoms with van der Waals surface area (Å²) in [6.45, 7) is 0.359. The number of ether oxygens (including phenoxy) is 1. The molecule has 0 amide bonds. The molecule has 0 aliphatic heterocycles. The molecule has 0 unspecified atom stereocenters. The molecule has 0 aliphatic carbocycles. The maximum atomic E-state index is 12.8. The van der Waals surface area contributed by atoms with Gasteiger partial charge in [-0.15, -0.1) is 0 Å². The molecule has 0 saturated carbocycles. The molecular weight excluding hydrogens is 215 g/mol. The Morgan fingerprint density at radius 3 is 3.00 bits per heavy atom. The van der Waals surface area contributed by atoms with Crippen molar-refractivity contribution in [3.8, 4) is 5.75 Å². The van der Waals surface area contributed by atoms with Crippen molar-refractivity contribution in [1.29, 1.82) is 0 Å². The first-order valence-electron chi connectivity index (χ1n) is 4.32. The number of nitrogens with two attached hydrogens (primary N) is 1. The van der Waals surface area contributed by atoms with E-state index in [1.54, 1.807) is 18.3 Å². The van der Waals surface area contributed by atoms with E-state index in [9.17, 15) is 4.39 Å². The van der Waals surface area contributed by atoms with Gasteiger partial charge in [-0.1, -0.05) is 17.4 Å². The molecule has 0 spiro atoms. The van der Waals surface area contributed by atoms with Crippen LogP contribution in [0.2, 0.25) is 0 Å². The van der Waals surface area contributed by atoms with Crippen LogP contribution in [-0.4, -0.2) is 4.98 Å². The van der Waals surface area contributed by atoms with E-state index >= 15 is 0 Å². The third-order valence-electron chi connectivity index (χ3n) is 1.75. The molecule has 2 rings (SSSR count). The molecule has 0 bridgehead atoms. The highest BCUT2D eigenvalue weighted by Crippen LogP contribution is 2.18. The van der Waals surface area contributed by atoms with Crippen LogP contribution >= 0.6 is 11.3 Å². The number of hydrogen-bond donors (Lipinski definition) is 1. The van der Waals surface area contributed by atoms with Crippen molar-refractivity contribution in [3.63, 3.8) is 0 Å². The molecule has 5 heteroatoms. The monoisotopic (exact) mass is 224 g/mol. The number of rotatable bonds is 3. The van der Waals surface area contributed by atoms with Gasteiger partial charge in [0.15, 0.2) is 5.13 Å². The van der Waals surface area contributed by atoms with Gasteiger partial charge in [0.1, 0.15) is 18.2 Å². The maximum absolute atomic E-state index is 12.8. The molecule has 0 atom stereocenters. The average molecular weight is 224 g/mol. The summed E-state index contributed by atoms with van der Waals surface area (Å²) in [5, 5.41) is 0.507. The van der Waals surface area contributed by atoms with Gasteiger partial charge in [0.2, 0.25) is 0 Å². The lowest BCUT2D eigenvalue weighted by molar-refractivity contribution is 0.308. The van der Waals surface area contributed by atoms with Gasteiger partial charge in [0.25, 0.3) is 0 Å². The molecule has 2 aromatic rings. The number of nitrogens with zero attached hydrogens (tertiary/aromatic N) is 1. The minimum absolute atomic E-state index is 0.309. The standard InChI is InChI=1S/C10H9FN2OS/c11-7-2-1-3-8(4-7)14-6-9-5-13-10(12)15-9/h1-5H,6H2,(H2,12,13). The van der Waals surface area contributed by atoms with E-state index in [-0.39, 0.29) is 5.82 Å². The minimum atomic E-state index is -0.309. The second-order valence-electron chi connectivity index (χ2n) is 2.91. The zero-order valence-electron chi connectivity index (χ0n) is 7.81. The highest BCUT2D eigenvalue weighted by molar-refractivity contribution is 7.15. The van der Waals surface area contributed by atoms with E-state index in [0.717, 1.165) is 4.88 Å². The number of nitrogen functional groups attached to an aromatic ring is 1. The van der Waals surface area contributed by atoms with Crippen LogP contribution in [0.1, 0.15) is 4.88 Å². The van der Waals surface area contributed by atoms with E-state index in [1.165, 1.54) is 23.5 Å². The fraction of sp³-hybridized carbons (Fsp3) is 0.100. The van der Waals surface area contributed by atoms with Gasteiger partial charge in [-0.3, -0.25) is 0 Å². The summed E-state index contributed by atoms with van der Waals surface area (Å²) in [4.78, 5) is 4.80. The fourth-order valence-electron chi connectivity index (χ4n) is 1.10. The Morgan fingerprint density at radius 1 is 1.47 bits per heavy atom. The van der Waals surface area contributed by atoms with Gasteiger partial charge < -0.3 is 10.5 Å². The Hall–Kier alpha value is -1.62. The lowest BCUT2D eigenvalue weighted by atomic mass is 10.3. The summed E-state index contributed by atoms with van der Waals surface area (Å²) in [7, 11) is 0. The van der Waals surface area contributed by atoms with Gasteiger partial charge >= 0.3 is 0 Å². The fourth-order valence-corrected chi connectivity index (χ4v) is 1.70. The third kappa shape index (κ3) is 2.66. The van der Waals surface area contributed by atoms with Crippen molar-refractivity contribution in [2.24, 2.45) is 0 Å². The summed E-state index contributed by atoms with van der Waals surface area (Å²) in [5.41, 5.74) is 5.46. The van der Waals surface area contributed by atoms with Crippen molar-refractivity contribution in [1.82, 2.24) is 4.98 Å². The van der Waals surface area contributed by atoms with Gasteiger partial charge in [0.05, 0.1) is 4.88 Å². The summed E-state index contributed by atoms with van der Waals surface area (Å²) < 4.78 is 18.1. The molecule has 1 heterocycles. The van der Waals surface area contributed by atoms with Crippen molar-refractivity contribution in [2.75, 3.05) is 5.73 Å². The Balaban J connectivity index is 1.99. The van der Waals surface area contributed by atoms with Gasteiger partial charge in [-0.25, -0.2) is 9.37 Å². The lowest BCUT2D eigenvalue weighted by Gasteiger charge is -2.03. The predicted octanol–water partition coefficient (Wildman–Crippen LogP) is 2.44. The van der Waals surface area contributed by atoms with Crippen molar-refractivity contribution < 1.29 is 9.13 Å². The summed E-state index contributed by atoms with van der Waals surface area (Å²) in [5.74, 6) is 0.193. The first kappa shape index (κ1) is 9.92. The van der Waals surface area contributed by atoms with E-state index in [1.807, 2.05) is 0 Å². The largest absolute Gasteiger partial charge is 0.488 e. The van der Waals surface area contributed by atoms with Crippen LogP contribution in [0.15, 0.2) is 30.5 Å². The van der Waals surface area contributed by atoms with E-state index < -0.39 is 0 Å². The Bertz CT molecular complexity index is 458. The minimum Gasteiger partial charge on any atom is -0.488 e. The number of benzene rings is 1. The smallest absolute Gasteiger partial charge is 0.180 e. The summed E-state index contributed by atoms with van der Waals surface area (Å²) >= 11 is 1.36. The van der Waals surface area contributed by atoms with Crippen LogP contribution in [0, 0.1) is 5.82 Å². The van der Waals surface area contributed by atoms with Crippen LogP contribution in [0.5, 0.6) is 5.75 Å². The molecule has 2 N–H and O–H groups in total. The van der Waals surface area contributed by atoms with Crippen LogP contribution in [-0.2, 0) is 6.61 Å². The normalized spacial score (nSPS) is 10.2. The lowest BCUT2D eigenvalue weighted by Crippen LogP contribution is -1.92. The SMILES string of the molecule is Nc1ncc(COc2cccc(F)c2)s1. The number of thiazole rings is 1. The van der Waals surface area contributed by atoms with Gasteiger partial charge in [-0.05, 0) is 12.1 Å². The average Bonchev–Trinajstić information content (AvgIpc) is 2.62. The second-order valence-corrected chi connectivity index (χ2v) is 4.06. The van der Waals surface area contributed by atoms with Crippen LogP contribution in [0.25, 0.3) is 0 Å². The number of anilines is 1. The highest BCUT2D eigenvalue weighted by atomic mass is 32.1. The number of aromatic nitrogens is 1. The van der Waals surface area contributed by atoms with Crippen molar-refractivity contribution in [3.05, 3.63) is 41.2 Å². The third-order valence-corrected chi connectivity index (χ3v) is 2.55. The molecule has 0 fully saturated rings. The van der Waals surface area contributed by atoms with Gasteiger partial charge in [0, 0.05) is 12.3 Å². The van der Waals surface area contributed by atoms with Crippen LogP contribution < -0.4 is 10.5 Å². The summed E-state index contributed by atoms with van der Waals surface area (Å²) in [6, 6.07) is 6.01. The molecule has 1 aromatic heterocycles. The molecule has 0 radical (unpaired) electrons. The molecule has 78 valence electrons. The number of hydrogen-bond acceptors (Lipinski definition) is 4. The highest BCUT2D eigenvalue weighted by Gasteiger charge is 2.00. The molecule has 0 aliphatic rings. The first-order chi connectivity index (χ1) is 7.24. The van der Waals surface area contributed by atoms with Crippen molar-refractivity contribution in [2.45, 2.75) is 6.61 Å². The van der Waals surface area contributed by atoms with Crippen molar-refractivity contribution >= 4 is 16.5 Å². The van der Waals surface area contributed by atoms with E-state index in [2.05, 4.69) is 4.98 Å². The van der Waals surface area contributed by atoms with E-state index in [0.29, 0.717) is 17.5 Å². The second kappa shape index (κ2) is 4.27. The molecule has 0 saturated heterocycles. The topological polar surface area (TPSA) is 48.1 Å². The molecular formula is C10H9FN2OS. The Morgan fingerprint density at radius 2 is 2.33 bits per heavy atom. The molecule has 3 nitrogen and oxygen atoms in total. The Labute approximate surface area is 90.3 Å². The van der Waals surface area contributed by atoms with Crippen LogP contribution in [0.4, 0.5) is 9.52 Å². The molecule has 15 heavy (non-hydrogen) atoms. The van der Waals surface area contributed by atoms with E-state index in [4.69, 9.17) is 10.5 Å². The first-order valence-corrected chi connectivity index (χ1v) is 5.14. The number of halogens is 1. The quantitative estimate of drug-likeness (QED) is 0.871. The van der Waals surface area contributed by atoms with Crippen LogP contribution in [0.3, 0.4) is 0 Å². The zero-order chi connectivity index (χ0) is 10.7. The Kier molecular flexibility index (Phi) is 2.82. The van der Waals surface area contributed by atoms with Gasteiger partial charge in [-0.2, -0.15) is 0 Å². The summed E-state index contributed by atoms with van der Waals surface area (Å²) in [6.07, 6.45) is 1.65. The maximum Gasteiger partial charge on any atom is 0.180 e.